The number of hydrogen-bond donors (Lipinski definition) is 1. The molecule has 0 aromatic heterocycles. The zero-order valence-electron chi connectivity index (χ0n) is 14.8. The molecule has 26 heavy (non-hydrogen) atoms. The Kier molecular flexibility index (Phi) is 4.58. The van der Waals surface area contributed by atoms with Gasteiger partial charge in [-0.3, -0.25) is 9.59 Å². The molecular weight excluding hydrogens is 352 g/mol. The van der Waals surface area contributed by atoms with E-state index < -0.39 is 21.8 Å². The minimum Gasteiger partial charge on any atom is -0.322 e. The van der Waals surface area contributed by atoms with Crippen molar-refractivity contribution >= 4 is 33.2 Å². The lowest BCUT2D eigenvalue weighted by atomic mass is 10.1. The van der Waals surface area contributed by atoms with Gasteiger partial charge in [-0.05, 0) is 61.4 Å². The summed E-state index contributed by atoms with van der Waals surface area (Å²) in [5.74, 6) is -1.50. The fraction of sp³-hybridized carbons (Fsp3) is 0.263. The van der Waals surface area contributed by atoms with Crippen LogP contribution in [0.4, 0.5) is 11.4 Å². The molecule has 1 fully saturated rings. The Morgan fingerprint density at radius 2 is 1.73 bits per heavy atom. The number of anilines is 2. The molecule has 136 valence electrons. The SMILES string of the molecule is Cc1ccc(NC(=O)c2ccc(N3C(=O)[C@H](C)CS3(=O)=O)cc2)cc1C. The normalized spacial score (nSPS) is 18.8. The Bertz CT molecular complexity index is 981. The molecule has 0 saturated carbocycles. The lowest BCUT2D eigenvalue weighted by Gasteiger charge is -2.15. The van der Waals surface area contributed by atoms with E-state index in [1.807, 2.05) is 32.0 Å². The summed E-state index contributed by atoms with van der Waals surface area (Å²) in [5.41, 5.74) is 3.53. The van der Waals surface area contributed by atoms with E-state index in [2.05, 4.69) is 5.32 Å². The first-order chi connectivity index (χ1) is 12.2. The minimum absolute atomic E-state index is 0.194. The van der Waals surface area contributed by atoms with Gasteiger partial charge in [-0.15, -0.1) is 0 Å². The van der Waals surface area contributed by atoms with Gasteiger partial charge in [0, 0.05) is 11.3 Å². The topological polar surface area (TPSA) is 83.6 Å². The number of hydrogen-bond acceptors (Lipinski definition) is 4. The van der Waals surface area contributed by atoms with E-state index in [1.165, 1.54) is 24.3 Å². The highest BCUT2D eigenvalue weighted by Crippen LogP contribution is 2.28. The van der Waals surface area contributed by atoms with Crippen LogP contribution in [0.15, 0.2) is 42.5 Å². The smallest absolute Gasteiger partial charge is 0.255 e. The summed E-state index contributed by atoms with van der Waals surface area (Å²) in [5, 5.41) is 2.81. The molecule has 6 nitrogen and oxygen atoms in total. The summed E-state index contributed by atoms with van der Waals surface area (Å²) in [6, 6.07) is 11.6. The van der Waals surface area contributed by atoms with Gasteiger partial charge in [-0.2, -0.15) is 0 Å². The highest BCUT2D eigenvalue weighted by molar-refractivity contribution is 7.94. The van der Waals surface area contributed by atoms with Crippen molar-refractivity contribution in [2.24, 2.45) is 5.92 Å². The summed E-state index contributed by atoms with van der Waals surface area (Å²) in [6.45, 7) is 5.55. The van der Waals surface area contributed by atoms with Crippen LogP contribution in [0.2, 0.25) is 0 Å². The van der Waals surface area contributed by atoms with Crippen molar-refractivity contribution in [3.05, 3.63) is 59.2 Å². The maximum atomic E-state index is 12.4. The van der Waals surface area contributed by atoms with Gasteiger partial charge in [0.1, 0.15) is 0 Å². The van der Waals surface area contributed by atoms with Crippen LogP contribution in [0.25, 0.3) is 0 Å². The third kappa shape index (κ3) is 3.35. The number of carbonyl (C=O) groups excluding carboxylic acids is 2. The molecule has 0 aliphatic carbocycles. The van der Waals surface area contributed by atoms with Gasteiger partial charge in [0.2, 0.25) is 15.9 Å². The van der Waals surface area contributed by atoms with Gasteiger partial charge in [-0.25, -0.2) is 12.7 Å². The van der Waals surface area contributed by atoms with Crippen molar-refractivity contribution in [3.63, 3.8) is 0 Å². The quantitative estimate of drug-likeness (QED) is 0.898. The average molecular weight is 372 g/mol. The van der Waals surface area contributed by atoms with Crippen molar-refractivity contribution in [1.82, 2.24) is 0 Å². The number of nitrogens with one attached hydrogen (secondary N) is 1. The van der Waals surface area contributed by atoms with Crippen LogP contribution in [-0.2, 0) is 14.8 Å². The lowest BCUT2D eigenvalue weighted by molar-refractivity contribution is -0.119. The van der Waals surface area contributed by atoms with Crippen molar-refractivity contribution in [2.45, 2.75) is 20.8 Å². The molecule has 0 unspecified atom stereocenters. The van der Waals surface area contributed by atoms with Crippen LogP contribution >= 0.6 is 0 Å². The highest BCUT2D eigenvalue weighted by Gasteiger charge is 2.41. The number of carbonyl (C=O) groups is 2. The first kappa shape index (κ1) is 18.1. The monoisotopic (exact) mass is 372 g/mol. The van der Waals surface area contributed by atoms with E-state index in [9.17, 15) is 18.0 Å². The predicted molar refractivity (Wildman–Crippen MR) is 101 cm³/mol. The molecule has 1 heterocycles. The first-order valence-corrected chi connectivity index (χ1v) is 9.85. The van der Waals surface area contributed by atoms with Crippen LogP contribution in [0, 0.1) is 19.8 Å². The van der Waals surface area contributed by atoms with E-state index in [1.54, 1.807) is 6.92 Å². The number of rotatable bonds is 3. The van der Waals surface area contributed by atoms with E-state index in [0.717, 1.165) is 15.4 Å². The number of benzene rings is 2. The molecule has 1 atom stereocenters. The van der Waals surface area contributed by atoms with Crippen molar-refractivity contribution in [2.75, 3.05) is 15.4 Å². The lowest BCUT2D eigenvalue weighted by Crippen LogP contribution is -2.30. The minimum atomic E-state index is -3.65. The van der Waals surface area contributed by atoms with Crippen LogP contribution in [0.3, 0.4) is 0 Å². The Morgan fingerprint density at radius 1 is 1.08 bits per heavy atom. The Labute approximate surface area is 152 Å². The van der Waals surface area contributed by atoms with Crippen LogP contribution in [0.1, 0.15) is 28.4 Å². The Hall–Kier alpha value is -2.67. The number of sulfonamides is 1. The van der Waals surface area contributed by atoms with Gasteiger partial charge in [0.25, 0.3) is 5.91 Å². The fourth-order valence-electron chi connectivity index (χ4n) is 2.86. The third-order valence-electron chi connectivity index (χ3n) is 4.49. The van der Waals surface area contributed by atoms with Gasteiger partial charge < -0.3 is 5.32 Å². The summed E-state index contributed by atoms with van der Waals surface area (Å²) in [6.07, 6.45) is 0. The molecule has 0 radical (unpaired) electrons. The van der Waals surface area contributed by atoms with Crippen LogP contribution in [0.5, 0.6) is 0 Å². The predicted octanol–water partition coefficient (Wildman–Crippen LogP) is 2.87. The zero-order chi connectivity index (χ0) is 19.1. The molecule has 1 aliphatic rings. The van der Waals surface area contributed by atoms with E-state index in [-0.39, 0.29) is 17.3 Å². The summed E-state index contributed by atoms with van der Waals surface area (Å²) >= 11 is 0. The third-order valence-corrected chi connectivity index (χ3v) is 6.36. The van der Waals surface area contributed by atoms with E-state index in [0.29, 0.717) is 11.3 Å². The molecule has 1 aliphatic heterocycles. The maximum absolute atomic E-state index is 12.4. The largest absolute Gasteiger partial charge is 0.322 e. The molecule has 1 saturated heterocycles. The first-order valence-electron chi connectivity index (χ1n) is 8.24. The van der Waals surface area contributed by atoms with Gasteiger partial charge in [0.05, 0.1) is 17.4 Å². The van der Waals surface area contributed by atoms with Gasteiger partial charge >= 0.3 is 0 Å². The van der Waals surface area contributed by atoms with Crippen LogP contribution < -0.4 is 9.62 Å². The number of amides is 2. The molecule has 2 aromatic carbocycles. The van der Waals surface area contributed by atoms with Crippen molar-refractivity contribution in [1.29, 1.82) is 0 Å². The molecule has 7 heteroatoms. The van der Waals surface area contributed by atoms with E-state index in [4.69, 9.17) is 0 Å². The van der Waals surface area contributed by atoms with E-state index >= 15 is 0 Å². The molecule has 2 aromatic rings. The summed E-state index contributed by atoms with van der Waals surface area (Å²) in [7, 11) is -3.65. The number of nitrogens with zero attached hydrogens (tertiary/aromatic N) is 1. The van der Waals surface area contributed by atoms with Crippen LogP contribution in [-0.4, -0.2) is 26.0 Å². The molecule has 0 bridgehead atoms. The summed E-state index contributed by atoms with van der Waals surface area (Å²) in [4.78, 5) is 24.5. The second kappa shape index (κ2) is 6.57. The highest BCUT2D eigenvalue weighted by atomic mass is 32.2. The summed E-state index contributed by atoms with van der Waals surface area (Å²) < 4.78 is 25.1. The Balaban J connectivity index is 1.80. The molecular formula is C19H20N2O4S. The second-order valence-electron chi connectivity index (χ2n) is 6.58. The average Bonchev–Trinajstić information content (AvgIpc) is 2.78. The zero-order valence-corrected chi connectivity index (χ0v) is 15.6. The molecule has 0 spiro atoms. The van der Waals surface area contributed by atoms with Gasteiger partial charge in [-0.1, -0.05) is 13.0 Å². The second-order valence-corrected chi connectivity index (χ2v) is 8.44. The maximum Gasteiger partial charge on any atom is 0.255 e. The molecule has 3 rings (SSSR count). The van der Waals surface area contributed by atoms with Crippen molar-refractivity contribution < 1.29 is 18.0 Å². The standard InChI is InChI=1S/C19H20N2O4S/c1-12-4-7-16(10-13(12)2)20-18(22)15-5-8-17(9-6-15)21-19(23)14(3)11-26(21,24)25/h4-10,14H,11H2,1-3H3,(H,20,22)/t14-/m1/s1. The Morgan fingerprint density at radius 3 is 2.27 bits per heavy atom. The number of aryl methyl sites for hydroxylation is 2. The van der Waals surface area contributed by atoms with Gasteiger partial charge in [0.15, 0.2) is 0 Å². The van der Waals surface area contributed by atoms with Crippen molar-refractivity contribution in [3.8, 4) is 0 Å². The fourth-order valence-corrected chi connectivity index (χ4v) is 4.68. The molecule has 1 N–H and O–H groups in total. The molecule has 2 amide bonds.